The zero-order chi connectivity index (χ0) is 23.1. The van der Waals surface area contributed by atoms with Crippen molar-refractivity contribution in [2.45, 2.75) is 38.6 Å². The van der Waals surface area contributed by atoms with E-state index in [1.54, 1.807) is 6.08 Å². The van der Waals surface area contributed by atoms with Gasteiger partial charge in [-0.1, -0.05) is 42.8 Å². The number of carbonyl (C=O) groups excluding carboxylic acids is 1. The molecule has 2 aromatic carbocycles. The second-order valence-corrected chi connectivity index (χ2v) is 9.83. The topological polar surface area (TPSA) is 60.1 Å². The van der Waals surface area contributed by atoms with Crippen LogP contribution in [0.3, 0.4) is 0 Å². The van der Waals surface area contributed by atoms with E-state index in [0.717, 1.165) is 34.1 Å². The van der Waals surface area contributed by atoms with Crippen molar-refractivity contribution >= 4 is 23.0 Å². The molecule has 172 valence electrons. The van der Waals surface area contributed by atoms with Crippen molar-refractivity contribution in [3.05, 3.63) is 78.5 Å². The van der Waals surface area contributed by atoms with Gasteiger partial charge in [-0.25, -0.2) is 4.68 Å². The number of nitrogens with one attached hydrogen (secondary N) is 1. The smallest absolute Gasteiger partial charge is 0.244 e. The van der Waals surface area contributed by atoms with Crippen molar-refractivity contribution in [1.82, 2.24) is 15.1 Å². The van der Waals surface area contributed by atoms with Crippen LogP contribution in [0.4, 0.5) is 0 Å². The maximum absolute atomic E-state index is 12.8. The van der Waals surface area contributed by atoms with Gasteiger partial charge in [-0.3, -0.25) is 4.79 Å². The lowest BCUT2D eigenvalue weighted by Crippen LogP contribution is -2.39. The van der Waals surface area contributed by atoms with Gasteiger partial charge in [0.1, 0.15) is 11.3 Å². The largest absolute Gasteiger partial charge is 0.454 e. The predicted molar refractivity (Wildman–Crippen MR) is 134 cm³/mol. The first kappa shape index (κ1) is 21.0. The molecule has 0 unspecified atom stereocenters. The van der Waals surface area contributed by atoms with Gasteiger partial charge < -0.3 is 9.73 Å². The summed E-state index contributed by atoms with van der Waals surface area (Å²) in [6.07, 6.45) is 10.7. The number of hydrogen-bond acceptors (Lipinski definition) is 3. The van der Waals surface area contributed by atoms with Crippen molar-refractivity contribution < 1.29 is 9.21 Å². The number of benzene rings is 2. The number of rotatable bonds is 6. The minimum absolute atomic E-state index is 0.0571. The molecule has 5 nitrogen and oxygen atoms in total. The predicted octanol–water partition coefficient (Wildman–Crippen LogP) is 6.24. The van der Waals surface area contributed by atoms with Gasteiger partial charge in [-0.2, -0.15) is 5.10 Å². The van der Waals surface area contributed by atoms with Crippen LogP contribution >= 0.6 is 0 Å². The average molecular weight is 452 g/mol. The molecule has 1 amide bonds. The Morgan fingerprint density at radius 3 is 2.71 bits per heavy atom. The summed E-state index contributed by atoms with van der Waals surface area (Å²) in [6.45, 7) is 2.16. The van der Waals surface area contributed by atoms with Crippen LogP contribution in [0.15, 0.2) is 77.4 Å². The van der Waals surface area contributed by atoms with E-state index in [1.807, 2.05) is 77.6 Å². The van der Waals surface area contributed by atoms with E-state index in [4.69, 9.17) is 9.52 Å². The maximum atomic E-state index is 12.8. The Morgan fingerprint density at radius 2 is 1.94 bits per heavy atom. The van der Waals surface area contributed by atoms with Gasteiger partial charge in [0.15, 0.2) is 5.76 Å². The molecule has 2 saturated carbocycles. The quantitative estimate of drug-likeness (QED) is 0.353. The fourth-order valence-electron chi connectivity index (χ4n) is 5.96. The molecule has 2 aromatic heterocycles. The van der Waals surface area contributed by atoms with Crippen LogP contribution in [0.2, 0.25) is 0 Å². The summed E-state index contributed by atoms with van der Waals surface area (Å²) >= 11 is 0. The normalized spacial score (nSPS) is 22.6. The Kier molecular flexibility index (Phi) is 5.33. The molecular formula is C29H29N3O2. The summed E-state index contributed by atoms with van der Waals surface area (Å²) < 4.78 is 7.93. The van der Waals surface area contributed by atoms with Gasteiger partial charge in [0.2, 0.25) is 5.91 Å². The molecule has 6 rings (SSSR count). The van der Waals surface area contributed by atoms with Gasteiger partial charge in [-0.05, 0) is 74.3 Å². The number of para-hydroxylation sites is 2. The number of fused-ring (bicyclic) bond motifs is 3. The van der Waals surface area contributed by atoms with Gasteiger partial charge >= 0.3 is 0 Å². The molecular weight excluding hydrogens is 422 g/mol. The van der Waals surface area contributed by atoms with Gasteiger partial charge in [0, 0.05) is 29.3 Å². The molecule has 34 heavy (non-hydrogen) atoms. The van der Waals surface area contributed by atoms with Crippen LogP contribution in [0.25, 0.3) is 34.2 Å². The van der Waals surface area contributed by atoms with Crippen LogP contribution in [0.1, 0.15) is 38.2 Å². The van der Waals surface area contributed by atoms with Crippen molar-refractivity contribution in [3.8, 4) is 17.1 Å². The molecule has 0 radical (unpaired) electrons. The third kappa shape index (κ3) is 3.96. The third-order valence-electron chi connectivity index (χ3n) is 7.64. The molecule has 4 atom stereocenters. The van der Waals surface area contributed by atoms with Crippen LogP contribution in [0.5, 0.6) is 0 Å². The number of carbonyl (C=O) groups is 1. The van der Waals surface area contributed by atoms with Crippen LogP contribution in [-0.4, -0.2) is 21.7 Å². The average Bonchev–Trinajstić information content (AvgIpc) is 3.65. The molecule has 2 bridgehead atoms. The van der Waals surface area contributed by atoms with Gasteiger partial charge in [0.25, 0.3) is 0 Å². The van der Waals surface area contributed by atoms with Crippen LogP contribution in [0, 0.1) is 17.8 Å². The molecule has 0 saturated heterocycles. The molecule has 1 N–H and O–H groups in total. The molecule has 2 fully saturated rings. The zero-order valence-corrected chi connectivity index (χ0v) is 19.4. The minimum Gasteiger partial charge on any atom is -0.454 e. The van der Waals surface area contributed by atoms with Crippen molar-refractivity contribution in [2.24, 2.45) is 17.8 Å². The van der Waals surface area contributed by atoms with E-state index >= 15 is 0 Å². The van der Waals surface area contributed by atoms with Crippen molar-refractivity contribution in [2.75, 3.05) is 0 Å². The Morgan fingerprint density at radius 1 is 1.12 bits per heavy atom. The first-order valence-corrected chi connectivity index (χ1v) is 12.3. The first-order valence-electron chi connectivity index (χ1n) is 12.3. The zero-order valence-electron chi connectivity index (χ0n) is 19.4. The highest BCUT2D eigenvalue weighted by molar-refractivity contribution is 5.93. The number of furan rings is 1. The van der Waals surface area contributed by atoms with Crippen LogP contribution in [-0.2, 0) is 4.79 Å². The Bertz CT molecular complexity index is 1320. The Hall–Kier alpha value is -3.60. The van der Waals surface area contributed by atoms with Gasteiger partial charge in [0.05, 0.1) is 5.69 Å². The van der Waals surface area contributed by atoms with E-state index < -0.39 is 0 Å². The summed E-state index contributed by atoms with van der Waals surface area (Å²) in [4.78, 5) is 12.8. The second-order valence-electron chi connectivity index (χ2n) is 9.83. The molecule has 2 heterocycles. The number of hydrogen-bond donors (Lipinski definition) is 1. The summed E-state index contributed by atoms with van der Waals surface area (Å²) in [5.74, 6) is 2.90. The minimum atomic E-state index is -0.0571. The summed E-state index contributed by atoms with van der Waals surface area (Å²) in [5.41, 5.74) is 3.32. The van der Waals surface area contributed by atoms with E-state index in [1.165, 1.54) is 25.7 Å². The molecule has 5 heteroatoms. The number of nitrogens with zero attached hydrogens (tertiary/aromatic N) is 2. The Labute approximate surface area is 199 Å². The molecule has 2 aliphatic rings. The molecule has 0 spiro atoms. The lowest BCUT2D eigenvalue weighted by atomic mass is 9.84. The first-order chi connectivity index (χ1) is 16.6. The molecule has 2 aliphatic carbocycles. The Balaban J connectivity index is 1.27. The van der Waals surface area contributed by atoms with Crippen molar-refractivity contribution in [1.29, 1.82) is 0 Å². The third-order valence-corrected chi connectivity index (χ3v) is 7.64. The van der Waals surface area contributed by atoms with E-state index in [0.29, 0.717) is 17.4 Å². The van der Waals surface area contributed by atoms with Crippen molar-refractivity contribution in [3.63, 3.8) is 0 Å². The van der Waals surface area contributed by atoms with E-state index in [-0.39, 0.29) is 11.9 Å². The van der Waals surface area contributed by atoms with Crippen LogP contribution < -0.4 is 5.32 Å². The molecule has 0 aliphatic heterocycles. The standard InChI is InChI=1S/C29H29N3O2/c1-19(25-16-20-11-12-21(25)15-20)30-28(33)14-13-23-18-32(24-8-3-2-4-9-24)31-29(23)27-17-22-7-5-6-10-26(22)34-27/h2-10,13-14,17-21,25H,11-12,15-16H2,1H3,(H,30,33)/b14-13+/t19-,20+,21+,25-/m1/s1. The number of aromatic nitrogens is 2. The lowest BCUT2D eigenvalue weighted by molar-refractivity contribution is -0.117. The SMILES string of the molecule is C[C@@H](NC(=O)/C=C/c1cn(-c2ccccc2)nc1-c1cc2ccccc2o1)[C@H]1C[C@H]2CC[C@H]1C2. The fourth-order valence-corrected chi connectivity index (χ4v) is 5.96. The molecule has 4 aromatic rings. The van der Waals surface area contributed by atoms with E-state index in [2.05, 4.69) is 12.2 Å². The number of amides is 1. The lowest BCUT2D eigenvalue weighted by Gasteiger charge is -2.28. The van der Waals surface area contributed by atoms with E-state index in [9.17, 15) is 4.79 Å². The highest BCUT2D eigenvalue weighted by Crippen LogP contribution is 2.49. The second kappa shape index (κ2) is 8.64. The summed E-state index contributed by atoms with van der Waals surface area (Å²) in [6, 6.07) is 20.1. The summed E-state index contributed by atoms with van der Waals surface area (Å²) in [5, 5.41) is 9.06. The van der Waals surface area contributed by atoms with Gasteiger partial charge in [-0.15, -0.1) is 0 Å². The highest BCUT2D eigenvalue weighted by Gasteiger charge is 2.42. The summed E-state index contributed by atoms with van der Waals surface area (Å²) in [7, 11) is 0. The maximum Gasteiger partial charge on any atom is 0.244 e. The highest BCUT2D eigenvalue weighted by atomic mass is 16.3. The monoisotopic (exact) mass is 451 g/mol. The fraction of sp³-hybridized carbons (Fsp3) is 0.310.